The minimum absolute atomic E-state index is 0.0637. The van der Waals surface area contributed by atoms with Crippen LogP contribution >= 0.6 is 15.9 Å². The molecule has 98 valence electrons. The number of rotatable bonds is 3. The van der Waals surface area contributed by atoms with Gasteiger partial charge in [0.1, 0.15) is 11.6 Å². The third-order valence-corrected chi connectivity index (χ3v) is 4.75. The van der Waals surface area contributed by atoms with Gasteiger partial charge in [-0.3, -0.25) is 0 Å². The monoisotopic (exact) mass is 322 g/mol. The number of fused-ring (bicyclic) bond motifs is 1. The number of halogens is 3. The zero-order valence-corrected chi connectivity index (χ0v) is 11.8. The Bertz CT molecular complexity index is 589. The van der Waals surface area contributed by atoms with Crippen LogP contribution in [0.5, 0.6) is 0 Å². The number of hydrogen-bond acceptors (Lipinski definition) is 0. The van der Waals surface area contributed by atoms with Crippen LogP contribution in [0.2, 0.25) is 0 Å². The summed E-state index contributed by atoms with van der Waals surface area (Å²) in [5.41, 5.74) is 2.81. The molecule has 2 aromatic carbocycles. The molecule has 0 nitrogen and oxygen atoms in total. The quantitative estimate of drug-likeness (QED) is 0.724. The standard InChI is InChI=1S/C16H13BrF2/c17-14(9-13-15(18)6-3-7-16(13)19)12-8-10-4-1-2-5-11(10)12/h1-7,12,14H,8-9H2. The summed E-state index contributed by atoms with van der Waals surface area (Å²) in [6.45, 7) is 0. The van der Waals surface area contributed by atoms with Crippen LogP contribution in [0.1, 0.15) is 22.6 Å². The lowest BCUT2D eigenvalue weighted by Crippen LogP contribution is -2.27. The molecule has 0 heterocycles. The smallest absolute Gasteiger partial charge is 0.129 e. The minimum atomic E-state index is -0.461. The zero-order chi connectivity index (χ0) is 13.4. The molecule has 0 fully saturated rings. The zero-order valence-electron chi connectivity index (χ0n) is 10.2. The van der Waals surface area contributed by atoms with Crippen molar-refractivity contribution in [3.63, 3.8) is 0 Å². The first-order chi connectivity index (χ1) is 9.16. The van der Waals surface area contributed by atoms with E-state index in [9.17, 15) is 8.78 Å². The molecule has 2 unspecified atom stereocenters. The van der Waals surface area contributed by atoms with E-state index in [0.717, 1.165) is 6.42 Å². The van der Waals surface area contributed by atoms with Crippen molar-refractivity contribution in [2.24, 2.45) is 0 Å². The highest BCUT2D eigenvalue weighted by atomic mass is 79.9. The predicted molar refractivity (Wildman–Crippen MR) is 75.7 cm³/mol. The Morgan fingerprint density at radius 2 is 1.74 bits per heavy atom. The van der Waals surface area contributed by atoms with Crippen LogP contribution in [-0.4, -0.2) is 4.83 Å². The predicted octanol–water partition coefficient (Wildman–Crippen LogP) is 4.61. The molecule has 3 rings (SSSR count). The van der Waals surface area contributed by atoms with Crippen molar-refractivity contribution in [1.29, 1.82) is 0 Å². The lowest BCUT2D eigenvalue weighted by molar-refractivity contribution is 0.526. The number of hydrogen-bond donors (Lipinski definition) is 0. The molecule has 2 aromatic rings. The average Bonchev–Trinajstić information content (AvgIpc) is 2.35. The van der Waals surface area contributed by atoms with Gasteiger partial charge in [0.25, 0.3) is 0 Å². The van der Waals surface area contributed by atoms with Crippen LogP contribution < -0.4 is 0 Å². The van der Waals surface area contributed by atoms with E-state index < -0.39 is 11.6 Å². The first-order valence-electron chi connectivity index (χ1n) is 6.31. The molecule has 1 aliphatic rings. The van der Waals surface area contributed by atoms with Gasteiger partial charge in [0, 0.05) is 16.3 Å². The Morgan fingerprint density at radius 1 is 1.05 bits per heavy atom. The fraction of sp³-hybridized carbons (Fsp3) is 0.250. The highest BCUT2D eigenvalue weighted by Crippen LogP contribution is 2.41. The van der Waals surface area contributed by atoms with E-state index in [1.54, 1.807) is 0 Å². The minimum Gasteiger partial charge on any atom is -0.207 e. The van der Waals surface area contributed by atoms with Gasteiger partial charge in [0.15, 0.2) is 0 Å². The molecule has 0 spiro atoms. The summed E-state index contributed by atoms with van der Waals surface area (Å²) in [5.74, 6) is -0.579. The summed E-state index contributed by atoms with van der Waals surface area (Å²) in [7, 11) is 0. The van der Waals surface area contributed by atoms with Gasteiger partial charge in [-0.25, -0.2) is 8.78 Å². The van der Waals surface area contributed by atoms with Crippen LogP contribution in [0.3, 0.4) is 0 Å². The molecule has 0 amide bonds. The number of benzene rings is 2. The molecular formula is C16H13BrF2. The second kappa shape index (κ2) is 5.04. The van der Waals surface area contributed by atoms with Crippen molar-refractivity contribution >= 4 is 15.9 Å². The van der Waals surface area contributed by atoms with Gasteiger partial charge >= 0.3 is 0 Å². The lowest BCUT2D eigenvalue weighted by atomic mass is 9.75. The van der Waals surface area contributed by atoms with Gasteiger partial charge in [-0.15, -0.1) is 0 Å². The highest BCUT2D eigenvalue weighted by Gasteiger charge is 2.32. The lowest BCUT2D eigenvalue weighted by Gasteiger charge is -2.34. The maximum absolute atomic E-state index is 13.6. The van der Waals surface area contributed by atoms with Crippen molar-refractivity contribution in [3.05, 3.63) is 70.8 Å². The summed E-state index contributed by atoms with van der Waals surface area (Å²) in [6, 6.07) is 12.3. The molecule has 0 saturated carbocycles. The molecule has 0 bridgehead atoms. The van der Waals surface area contributed by atoms with E-state index in [4.69, 9.17) is 0 Å². The van der Waals surface area contributed by atoms with Gasteiger partial charge < -0.3 is 0 Å². The SMILES string of the molecule is Fc1cccc(F)c1CC(Br)C1Cc2ccccc21. The Labute approximate surface area is 119 Å². The summed E-state index contributed by atoms with van der Waals surface area (Å²) in [5, 5.41) is 0. The topological polar surface area (TPSA) is 0 Å². The molecule has 0 radical (unpaired) electrons. The van der Waals surface area contributed by atoms with Crippen LogP contribution in [0.25, 0.3) is 0 Å². The molecule has 1 aliphatic carbocycles. The third-order valence-electron chi connectivity index (χ3n) is 3.79. The first-order valence-corrected chi connectivity index (χ1v) is 7.23. The molecule has 0 aromatic heterocycles. The summed E-state index contributed by atoms with van der Waals surface area (Å²) in [4.78, 5) is 0.0637. The van der Waals surface area contributed by atoms with E-state index in [2.05, 4.69) is 28.1 Å². The van der Waals surface area contributed by atoms with E-state index in [1.165, 1.54) is 29.3 Å². The van der Waals surface area contributed by atoms with E-state index in [0.29, 0.717) is 12.3 Å². The highest BCUT2D eigenvalue weighted by molar-refractivity contribution is 9.09. The van der Waals surface area contributed by atoms with Crippen LogP contribution in [-0.2, 0) is 12.8 Å². The van der Waals surface area contributed by atoms with E-state index in [-0.39, 0.29) is 10.4 Å². The normalized spacial score (nSPS) is 18.6. The Kier molecular flexibility index (Phi) is 3.40. The van der Waals surface area contributed by atoms with Crippen LogP contribution in [0.15, 0.2) is 42.5 Å². The molecular weight excluding hydrogens is 310 g/mol. The van der Waals surface area contributed by atoms with Crippen LogP contribution in [0, 0.1) is 11.6 Å². The first kappa shape index (κ1) is 12.8. The molecule has 2 atom stereocenters. The third kappa shape index (κ3) is 2.32. The maximum Gasteiger partial charge on any atom is 0.129 e. The van der Waals surface area contributed by atoms with Crippen molar-refractivity contribution in [2.45, 2.75) is 23.6 Å². The van der Waals surface area contributed by atoms with E-state index >= 15 is 0 Å². The Balaban J connectivity index is 1.79. The Morgan fingerprint density at radius 3 is 2.42 bits per heavy atom. The second-order valence-corrected chi connectivity index (χ2v) is 6.11. The molecule has 19 heavy (non-hydrogen) atoms. The summed E-state index contributed by atoms with van der Waals surface area (Å²) in [6.07, 6.45) is 1.35. The van der Waals surface area contributed by atoms with Crippen molar-refractivity contribution in [1.82, 2.24) is 0 Å². The molecule has 3 heteroatoms. The molecule has 0 saturated heterocycles. The van der Waals surface area contributed by atoms with Crippen molar-refractivity contribution in [2.75, 3.05) is 0 Å². The maximum atomic E-state index is 13.6. The second-order valence-electron chi connectivity index (χ2n) is 4.93. The summed E-state index contributed by atoms with van der Waals surface area (Å²) < 4.78 is 27.3. The van der Waals surface area contributed by atoms with Gasteiger partial charge in [-0.05, 0) is 36.1 Å². The van der Waals surface area contributed by atoms with Crippen molar-refractivity contribution in [3.8, 4) is 0 Å². The van der Waals surface area contributed by atoms with Gasteiger partial charge in [0.2, 0.25) is 0 Å². The van der Waals surface area contributed by atoms with E-state index in [1.807, 2.05) is 12.1 Å². The summed E-state index contributed by atoms with van der Waals surface area (Å²) >= 11 is 3.60. The van der Waals surface area contributed by atoms with Crippen LogP contribution in [0.4, 0.5) is 8.78 Å². The molecule has 0 aliphatic heterocycles. The van der Waals surface area contributed by atoms with Crippen molar-refractivity contribution < 1.29 is 8.78 Å². The number of alkyl halides is 1. The molecule has 0 N–H and O–H groups in total. The van der Waals surface area contributed by atoms with Gasteiger partial charge in [-0.1, -0.05) is 46.3 Å². The van der Waals surface area contributed by atoms with Gasteiger partial charge in [0.05, 0.1) is 0 Å². The Hall–Kier alpha value is -1.22. The fourth-order valence-corrected chi connectivity index (χ4v) is 3.48. The largest absolute Gasteiger partial charge is 0.207 e. The van der Waals surface area contributed by atoms with Gasteiger partial charge in [-0.2, -0.15) is 0 Å². The average molecular weight is 323 g/mol. The fourth-order valence-electron chi connectivity index (χ4n) is 2.68.